The lowest BCUT2D eigenvalue weighted by Crippen LogP contribution is -2.23. The Balaban J connectivity index is 1.97. The van der Waals surface area contributed by atoms with Gasteiger partial charge in [-0.3, -0.25) is 4.79 Å². The molecule has 6 heteroatoms. The van der Waals surface area contributed by atoms with Gasteiger partial charge in [-0.2, -0.15) is 0 Å². The van der Waals surface area contributed by atoms with Crippen molar-refractivity contribution in [3.05, 3.63) is 52.1 Å². The maximum atomic E-state index is 11.7. The molecule has 104 valence electrons. The summed E-state index contributed by atoms with van der Waals surface area (Å²) in [7, 11) is 3.37. The van der Waals surface area contributed by atoms with Crippen LogP contribution in [0.1, 0.15) is 16.1 Å². The van der Waals surface area contributed by atoms with E-state index < -0.39 is 0 Å². The summed E-state index contributed by atoms with van der Waals surface area (Å²) in [6.45, 7) is 0.656. The molecule has 0 saturated carbocycles. The first kappa shape index (κ1) is 14.5. The lowest BCUT2D eigenvalue weighted by atomic mass is 10.2. The van der Waals surface area contributed by atoms with Crippen LogP contribution in [-0.4, -0.2) is 35.1 Å². The van der Waals surface area contributed by atoms with Gasteiger partial charge in [0, 0.05) is 25.1 Å². The lowest BCUT2D eigenvalue weighted by molar-refractivity contribution is 0.0821. The van der Waals surface area contributed by atoms with Crippen LogP contribution in [0.2, 0.25) is 0 Å². The smallest absolute Gasteiger partial charge is 0.273 e. The third-order valence-corrected chi connectivity index (χ3v) is 3.21. The highest BCUT2D eigenvalue weighted by Gasteiger charge is 2.09. The normalized spacial score (nSPS) is 10.2. The highest BCUT2D eigenvalue weighted by Crippen LogP contribution is 2.12. The van der Waals surface area contributed by atoms with Crippen LogP contribution in [0.25, 0.3) is 0 Å². The van der Waals surface area contributed by atoms with Gasteiger partial charge >= 0.3 is 0 Å². The van der Waals surface area contributed by atoms with Crippen molar-refractivity contribution in [2.45, 2.75) is 6.54 Å². The summed E-state index contributed by atoms with van der Waals surface area (Å²) in [6.07, 6.45) is 0. The predicted octanol–water partition coefficient (Wildman–Crippen LogP) is 2.55. The Morgan fingerprint density at radius 3 is 2.40 bits per heavy atom. The van der Waals surface area contributed by atoms with Crippen molar-refractivity contribution in [2.75, 3.05) is 19.4 Å². The van der Waals surface area contributed by atoms with E-state index in [2.05, 4.69) is 31.4 Å². The van der Waals surface area contributed by atoms with Gasteiger partial charge in [-0.05, 0) is 29.8 Å². The highest BCUT2D eigenvalue weighted by atomic mass is 79.9. The number of hydrogen-bond acceptors (Lipinski definition) is 4. The second kappa shape index (κ2) is 6.47. The standard InChI is InChI=1S/C14H15BrN4O/c1-19(2)14(20)12-7-8-13(18-17-12)16-9-10-3-5-11(15)6-4-10/h3-8H,9H2,1-2H3,(H,16,18). The number of anilines is 1. The molecule has 0 spiro atoms. The molecule has 20 heavy (non-hydrogen) atoms. The number of benzene rings is 1. The Hall–Kier alpha value is -1.95. The first-order valence-electron chi connectivity index (χ1n) is 6.10. The van der Waals surface area contributed by atoms with Gasteiger partial charge in [-0.15, -0.1) is 10.2 Å². The fourth-order valence-electron chi connectivity index (χ4n) is 1.56. The van der Waals surface area contributed by atoms with Crippen LogP contribution in [0.3, 0.4) is 0 Å². The average molecular weight is 335 g/mol. The molecule has 0 aliphatic carbocycles. The number of carbonyl (C=O) groups excluding carboxylic acids is 1. The van der Waals surface area contributed by atoms with Crippen LogP contribution in [0, 0.1) is 0 Å². The van der Waals surface area contributed by atoms with E-state index in [9.17, 15) is 4.79 Å². The zero-order valence-corrected chi connectivity index (χ0v) is 12.9. The lowest BCUT2D eigenvalue weighted by Gasteiger charge is -2.09. The zero-order valence-electron chi connectivity index (χ0n) is 11.3. The van der Waals surface area contributed by atoms with Crippen LogP contribution in [0.4, 0.5) is 5.82 Å². The van der Waals surface area contributed by atoms with Crippen LogP contribution in [0.15, 0.2) is 40.9 Å². The molecular weight excluding hydrogens is 320 g/mol. The monoisotopic (exact) mass is 334 g/mol. The molecule has 2 aromatic rings. The van der Waals surface area contributed by atoms with Gasteiger partial charge in [-0.25, -0.2) is 0 Å². The summed E-state index contributed by atoms with van der Waals surface area (Å²) >= 11 is 3.40. The van der Waals surface area contributed by atoms with Crippen molar-refractivity contribution in [3.8, 4) is 0 Å². The quantitative estimate of drug-likeness (QED) is 0.933. The summed E-state index contributed by atoms with van der Waals surface area (Å²) in [5, 5.41) is 11.1. The molecule has 0 aliphatic heterocycles. The van der Waals surface area contributed by atoms with E-state index in [0.29, 0.717) is 18.1 Å². The maximum Gasteiger partial charge on any atom is 0.273 e. The Kier molecular flexibility index (Phi) is 4.68. The Labute approximate surface area is 126 Å². The van der Waals surface area contributed by atoms with E-state index >= 15 is 0 Å². The molecule has 0 aliphatic rings. The van der Waals surface area contributed by atoms with Gasteiger partial charge in [-0.1, -0.05) is 28.1 Å². The largest absolute Gasteiger partial charge is 0.365 e. The summed E-state index contributed by atoms with van der Waals surface area (Å²) in [6, 6.07) is 11.4. The molecule has 0 radical (unpaired) electrons. The first-order chi connectivity index (χ1) is 9.56. The first-order valence-corrected chi connectivity index (χ1v) is 6.89. The Morgan fingerprint density at radius 1 is 1.15 bits per heavy atom. The fraction of sp³-hybridized carbons (Fsp3) is 0.214. The van der Waals surface area contributed by atoms with E-state index in [1.165, 1.54) is 4.90 Å². The number of halogens is 1. The third-order valence-electron chi connectivity index (χ3n) is 2.68. The van der Waals surface area contributed by atoms with Gasteiger partial charge in [0.15, 0.2) is 5.69 Å². The van der Waals surface area contributed by atoms with Gasteiger partial charge in [0.25, 0.3) is 5.91 Å². The molecule has 2 rings (SSSR count). The zero-order chi connectivity index (χ0) is 14.5. The number of amides is 1. The molecule has 1 N–H and O–H groups in total. The van der Waals surface area contributed by atoms with Crippen LogP contribution in [-0.2, 0) is 6.54 Å². The molecule has 1 amide bonds. The molecule has 0 saturated heterocycles. The third kappa shape index (κ3) is 3.77. The molecule has 1 aromatic heterocycles. The van der Waals surface area contributed by atoms with Crippen molar-refractivity contribution in [3.63, 3.8) is 0 Å². The van der Waals surface area contributed by atoms with Crippen molar-refractivity contribution in [1.82, 2.24) is 15.1 Å². The predicted molar refractivity (Wildman–Crippen MR) is 81.5 cm³/mol. The summed E-state index contributed by atoms with van der Waals surface area (Å²) in [5.74, 6) is 0.486. The number of nitrogens with zero attached hydrogens (tertiary/aromatic N) is 3. The van der Waals surface area contributed by atoms with E-state index in [4.69, 9.17) is 0 Å². The molecular formula is C14H15BrN4O. The van der Waals surface area contributed by atoms with E-state index in [1.54, 1.807) is 26.2 Å². The number of aromatic nitrogens is 2. The van der Waals surface area contributed by atoms with Gasteiger partial charge in [0.2, 0.25) is 0 Å². The number of rotatable bonds is 4. The molecule has 0 bridgehead atoms. The molecule has 1 aromatic carbocycles. The molecule has 0 fully saturated rings. The average Bonchev–Trinajstić information content (AvgIpc) is 2.46. The number of nitrogens with one attached hydrogen (secondary N) is 1. The summed E-state index contributed by atoms with van der Waals surface area (Å²) in [5.41, 5.74) is 1.48. The topological polar surface area (TPSA) is 58.1 Å². The van der Waals surface area contributed by atoms with Gasteiger partial charge < -0.3 is 10.2 Å². The van der Waals surface area contributed by atoms with Gasteiger partial charge in [0.1, 0.15) is 5.82 Å². The number of hydrogen-bond donors (Lipinski definition) is 1. The van der Waals surface area contributed by atoms with Crippen molar-refractivity contribution in [1.29, 1.82) is 0 Å². The second-order valence-corrected chi connectivity index (χ2v) is 5.40. The van der Waals surface area contributed by atoms with Crippen LogP contribution in [0.5, 0.6) is 0 Å². The minimum Gasteiger partial charge on any atom is -0.365 e. The maximum absolute atomic E-state index is 11.7. The minimum absolute atomic E-state index is 0.156. The van der Waals surface area contributed by atoms with Crippen LogP contribution >= 0.6 is 15.9 Å². The summed E-state index contributed by atoms with van der Waals surface area (Å²) in [4.78, 5) is 13.1. The summed E-state index contributed by atoms with van der Waals surface area (Å²) < 4.78 is 1.05. The molecule has 0 unspecified atom stereocenters. The van der Waals surface area contributed by atoms with Crippen LogP contribution < -0.4 is 5.32 Å². The van der Waals surface area contributed by atoms with E-state index in [-0.39, 0.29) is 5.91 Å². The fourth-order valence-corrected chi connectivity index (χ4v) is 1.83. The second-order valence-electron chi connectivity index (χ2n) is 4.48. The Morgan fingerprint density at radius 2 is 1.85 bits per heavy atom. The van der Waals surface area contributed by atoms with Crippen molar-refractivity contribution >= 4 is 27.7 Å². The Bertz CT molecular complexity index is 581. The SMILES string of the molecule is CN(C)C(=O)c1ccc(NCc2ccc(Br)cc2)nn1. The minimum atomic E-state index is -0.156. The molecule has 5 nitrogen and oxygen atoms in total. The molecule has 1 heterocycles. The van der Waals surface area contributed by atoms with Crippen molar-refractivity contribution < 1.29 is 4.79 Å². The van der Waals surface area contributed by atoms with E-state index in [1.807, 2.05) is 24.3 Å². The van der Waals surface area contributed by atoms with Gasteiger partial charge in [0.05, 0.1) is 0 Å². The highest BCUT2D eigenvalue weighted by molar-refractivity contribution is 9.10. The molecule has 0 atom stereocenters. The van der Waals surface area contributed by atoms with E-state index in [0.717, 1.165) is 10.0 Å². The van der Waals surface area contributed by atoms with Crippen molar-refractivity contribution in [2.24, 2.45) is 0 Å². The number of carbonyl (C=O) groups is 1.